The van der Waals surface area contributed by atoms with Crippen molar-refractivity contribution in [1.29, 1.82) is 0 Å². The largest absolute Gasteiger partial charge is 0.350 e. The molecule has 0 saturated heterocycles. The van der Waals surface area contributed by atoms with Crippen LogP contribution in [0.1, 0.15) is 31.4 Å². The maximum atomic E-state index is 11.9. The normalized spacial score (nSPS) is 23.8. The molecule has 0 aliphatic heterocycles. The second-order valence-corrected chi connectivity index (χ2v) is 5.69. The van der Waals surface area contributed by atoms with E-state index in [1.54, 1.807) is 5.38 Å². The van der Waals surface area contributed by atoms with Gasteiger partial charge in [0.05, 0.1) is 6.54 Å². The van der Waals surface area contributed by atoms with Crippen LogP contribution in [0.15, 0.2) is 10.2 Å². The van der Waals surface area contributed by atoms with E-state index in [9.17, 15) is 9.59 Å². The molecule has 0 bridgehead atoms. The zero-order valence-corrected chi connectivity index (χ0v) is 11.1. The zero-order chi connectivity index (χ0) is 13.0. The number of rotatable bonds is 4. The molecule has 0 unspecified atom stereocenters. The van der Waals surface area contributed by atoms with Crippen molar-refractivity contribution in [1.82, 2.24) is 10.3 Å². The molecule has 100 valence electrons. The quantitative estimate of drug-likeness (QED) is 0.756. The Kier molecular flexibility index (Phi) is 4.54. The first-order chi connectivity index (χ1) is 8.69. The summed E-state index contributed by atoms with van der Waals surface area (Å²) in [4.78, 5) is 25.5. The minimum absolute atomic E-state index is 0.0808. The number of thiazole rings is 1. The first kappa shape index (κ1) is 13.3. The van der Waals surface area contributed by atoms with Crippen LogP contribution in [0, 0.1) is 11.8 Å². The summed E-state index contributed by atoms with van der Waals surface area (Å²) in [5, 5.41) is 4.63. The van der Waals surface area contributed by atoms with Gasteiger partial charge in [0.1, 0.15) is 0 Å². The van der Waals surface area contributed by atoms with E-state index in [1.807, 2.05) is 0 Å². The third-order valence-electron chi connectivity index (χ3n) is 3.57. The van der Waals surface area contributed by atoms with Gasteiger partial charge in [-0.1, -0.05) is 11.3 Å². The van der Waals surface area contributed by atoms with Gasteiger partial charge in [0.25, 0.3) is 0 Å². The molecule has 0 radical (unpaired) electrons. The summed E-state index contributed by atoms with van der Waals surface area (Å²) in [6, 6.07) is 0. The minimum atomic E-state index is -0.0808. The molecular weight excluding hydrogens is 250 g/mol. The van der Waals surface area contributed by atoms with E-state index in [0.29, 0.717) is 12.5 Å². The van der Waals surface area contributed by atoms with Crippen LogP contribution < -0.4 is 15.9 Å². The van der Waals surface area contributed by atoms with Crippen LogP contribution in [0.5, 0.6) is 0 Å². The second-order valence-electron chi connectivity index (χ2n) is 4.84. The first-order valence-electron chi connectivity index (χ1n) is 6.33. The summed E-state index contributed by atoms with van der Waals surface area (Å²) in [6.07, 6.45) is 3.94. The highest BCUT2D eigenvalue weighted by molar-refractivity contribution is 7.07. The third-order valence-corrected chi connectivity index (χ3v) is 4.29. The van der Waals surface area contributed by atoms with Gasteiger partial charge in [-0.2, -0.15) is 0 Å². The fraction of sp³-hybridized carbons (Fsp3) is 0.667. The van der Waals surface area contributed by atoms with Gasteiger partial charge < -0.3 is 16.0 Å². The second kappa shape index (κ2) is 6.15. The van der Waals surface area contributed by atoms with Gasteiger partial charge in [-0.3, -0.25) is 9.59 Å². The van der Waals surface area contributed by atoms with Crippen LogP contribution in [0.4, 0.5) is 0 Å². The molecule has 6 heteroatoms. The molecule has 0 aromatic carbocycles. The van der Waals surface area contributed by atoms with Crippen molar-refractivity contribution in [2.45, 2.75) is 32.2 Å². The van der Waals surface area contributed by atoms with Crippen LogP contribution in [-0.2, 0) is 11.3 Å². The summed E-state index contributed by atoms with van der Waals surface area (Å²) in [5.74, 6) is 0.790. The average molecular weight is 269 g/mol. The van der Waals surface area contributed by atoms with Crippen molar-refractivity contribution < 1.29 is 4.79 Å². The topological polar surface area (TPSA) is 88.0 Å². The molecule has 1 fully saturated rings. The van der Waals surface area contributed by atoms with E-state index >= 15 is 0 Å². The van der Waals surface area contributed by atoms with Gasteiger partial charge in [0, 0.05) is 17.0 Å². The first-order valence-corrected chi connectivity index (χ1v) is 7.21. The lowest BCUT2D eigenvalue weighted by Crippen LogP contribution is -2.34. The number of carbonyl (C=O) groups is 1. The summed E-state index contributed by atoms with van der Waals surface area (Å²) >= 11 is 1.12. The van der Waals surface area contributed by atoms with Crippen LogP contribution in [-0.4, -0.2) is 17.4 Å². The van der Waals surface area contributed by atoms with Gasteiger partial charge >= 0.3 is 4.87 Å². The molecule has 1 aliphatic carbocycles. The number of nitrogens with one attached hydrogen (secondary N) is 2. The predicted molar refractivity (Wildman–Crippen MR) is 71.3 cm³/mol. The van der Waals surface area contributed by atoms with E-state index in [0.717, 1.165) is 49.3 Å². The van der Waals surface area contributed by atoms with Crippen LogP contribution in [0.25, 0.3) is 0 Å². The van der Waals surface area contributed by atoms with Crippen LogP contribution >= 0.6 is 11.3 Å². The van der Waals surface area contributed by atoms with E-state index in [1.165, 1.54) is 0 Å². The Morgan fingerprint density at radius 3 is 2.72 bits per heavy atom. The Balaban J connectivity index is 1.77. The molecule has 4 N–H and O–H groups in total. The van der Waals surface area contributed by atoms with E-state index < -0.39 is 0 Å². The zero-order valence-electron chi connectivity index (χ0n) is 10.3. The van der Waals surface area contributed by atoms with Gasteiger partial charge in [-0.05, 0) is 38.1 Å². The van der Waals surface area contributed by atoms with Crippen molar-refractivity contribution in [2.75, 3.05) is 6.54 Å². The standard InChI is InChI=1S/C12H19N3O2S/c13-5-8-1-3-9(4-2-8)11(16)14-6-10-7-18-12(17)15-10/h7-9H,1-6,13H2,(H,14,16)(H,15,17). The number of hydrogen-bond acceptors (Lipinski definition) is 4. The molecule has 1 amide bonds. The van der Waals surface area contributed by atoms with E-state index in [4.69, 9.17) is 5.73 Å². The predicted octanol–water partition coefficient (Wildman–Crippen LogP) is 0.818. The molecule has 18 heavy (non-hydrogen) atoms. The molecule has 1 heterocycles. The van der Waals surface area contributed by atoms with E-state index in [2.05, 4.69) is 10.3 Å². The summed E-state index contributed by atoms with van der Waals surface area (Å²) in [6.45, 7) is 1.14. The van der Waals surface area contributed by atoms with Gasteiger partial charge in [-0.25, -0.2) is 0 Å². The maximum Gasteiger partial charge on any atom is 0.304 e. The average Bonchev–Trinajstić information content (AvgIpc) is 2.82. The van der Waals surface area contributed by atoms with Crippen molar-refractivity contribution in [3.8, 4) is 0 Å². The molecule has 1 aromatic rings. The number of carbonyl (C=O) groups excluding carboxylic acids is 1. The number of nitrogens with two attached hydrogens (primary N) is 1. The van der Waals surface area contributed by atoms with Crippen LogP contribution in [0.2, 0.25) is 0 Å². The molecule has 2 rings (SSSR count). The third kappa shape index (κ3) is 3.43. The van der Waals surface area contributed by atoms with E-state index in [-0.39, 0.29) is 16.7 Å². The monoisotopic (exact) mass is 269 g/mol. The van der Waals surface area contributed by atoms with Crippen molar-refractivity contribution >= 4 is 17.2 Å². The highest BCUT2D eigenvalue weighted by Gasteiger charge is 2.25. The fourth-order valence-electron chi connectivity index (χ4n) is 2.39. The Labute approximate surface area is 110 Å². The lowest BCUT2D eigenvalue weighted by molar-refractivity contribution is -0.126. The van der Waals surface area contributed by atoms with Gasteiger partial charge in [0.15, 0.2) is 0 Å². The minimum Gasteiger partial charge on any atom is -0.350 e. The molecule has 1 aliphatic rings. The number of aromatic amines is 1. The van der Waals surface area contributed by atoms with Gasteiger partial charge in [0.2, 0.25) is 5.91 Å². The lowest BCUT2D eigenvalue weighted by atomic mass is 9.81. The summed E-state index contributed by atoms with van der Waals surface area (Å²) in [5.41, 5.74) is 6.40. The highest BCUT2D eigenvalue weighted by Crippen LogP contribution is 2.28. The Morgan fingerprint density at radius 2 is 2.17 bits per heavy atom. The highest BCUT2D eigenvalue weighted by atomic mass is 32.1. The number of aromatic nitrogens is 1. The molecule has 0 spiro atoms. The number of hydrogen-bond donors (Lipinski definition) is 3. The Morgan fingerprint density at radius 1 is 1.44 bits per heavy atom. The van der Waals surface area contributed by atoms with Crippen molar-refractivity contribution in [3.63, 3.8) is 0 Å². The molecule has 5 nitrogen and oxygen atoms in total. The Bertz CT molecular complexity index is 446. The molecule has 1 aromatic heterocycles. The lowest BCUT2D eigenvalue weighted by Gasteiger charge is -2.26. The SMILES string of the molecule is NCC1CCC(C(=O)NCc2csc(=O)[nH]2)CC1. The maximum absolute atomic E-state index is 11.9. The summed E-state index contributed by atoms with van der Waals surface area (Å²) in [7, 11) is 0. The molecule has 0 atom stereocenters. The number of H-pyrrole nitrogens is 1. The molecular formula is C12H19N3O2S. The smallest absolute Gasteiger partial charge is 0.304 e. The Hall–Kier alpha value is -1.14. The van der Waals surface area contributed by atoms with Crippen molar-refractivity contribution in [3.05, 3.63) is 20.7 Å². The van der Waals surface area contributed by atoms with Gasteiger partial charge in [-0.15, -0.1) is 0 Å². The molecule has 1 saturated carbocycles. The van der Waals surface area contributed by atoms with Crippen molar-refractivity contribution in [2.24, 2.45) is 17.6 Å². The van der Waals surface area contributed by atoms with Crippen LogP contribution in [0.3, 0.4) is 0 Å². The summed E-state index contributed by atoms with van der Waals surface area (Å²) < 4.78 is 0. The fourth-order valence-corrected chi connectivity index (χ4v) is 2.97. The number of amides is 1.